The van der Waals surface area contributed by atoms with E-state index in [9.17, 15) is 4.79 Å². The Morgan fingerprint density at radius 1 is 1.33 bits per heavy atom. The first-order valence-corrected chi connectivity index (χ1v) is 7.09. The van der Waals surface area contributed by atoms with Gasteiger partial charge in [-0.05, 0) is 25.3 Å². The van der Waals surface area contributed by atoms with Crippen LogP contribution >= 0.6 is 0 Å². The monoisotopic (exact) mass is 286 g/mol. The topological polar surface area (TPSA) is 66.6 Å². The van der Waals surface area contributed by atoms with Crippen LogP contribution in [0.5, 0.6) is 0 Å². The van der Waals surface area contributed by atoms with Gasteiger partial charge < -0.3 is 9.52 Å². The van der Waals surface area contributed by atoms with Crippen LogP contribution in [0.3, 0.4) is 0 Å². The van der Waals surface area contributed by atoms with E-state index in [1.54, 1.807) is 0 Å². The molecule has 5 heteroatoms. The van der Waals surface area contributed by atoms with Crippen LogP contribution in [0.4, 0.5) is 0 Å². The van der Waals surface area contributed by atoms with Gasteiger partial charge in [0.1, 0.15) is 6.26 Å². The Labute approximate surface area is 123 Å². The molecule has 3 rings (SSSR count). The Morgan fingerprint density at radius 3 is 2.62 bits per heavy atom. The zero-order chi connectivity index (χ0) is 14.8. The quantitative estimate of drug-likeness (QED) is 0.884. The van der Waals surface area contributed by atoms with Crippen LogP contribution in [0, 0.1) is 6.92 Å². The number of carboxylic acids is 1. The molecule has 110 valence electrons. The summed E-state index contributed by atoms with van der Waals surface area (Å²) < 4.78 is 5.26. The van der Waals surface area contributed by atoms with Crippen molar-refractivity contribution in [2.45, 2.75) is 38.9 Å². The van der Waals surface area contributed by atoms with E-state index >= 15 is 0 Å². The minimum absolute atomic E-state index is 0.0314. The molecule has 0 aliphatic heterocycles. The molecule has 21 heavy (non-hydrogen) atoms. The molecular weight excluding hydrogens is 268 g/mol. The summed E-state index contributed by atoms with van der Waals surface area (Å²) in [5.41, 5.74) is 2.46. The largest absolute Gasteiger partial charge is 0.476 e. The van der Waals surface area contributed by atoms with Crippen molar-refractivity contribution in [1.82, 2.24) is 9.88 Å². The molecule has 0 unspecified atom stereocenters. The smallest absolute Gasteiger partial charge is 0.357 e. The first kappa shape index (κ1) is 13.8. The van der Waals surface area contributed by atoms with Crippen molar-refractivity contribution in [3.05, 3.63) is 53.2 Å². The lowest BCUT2D eigenvalue weighted by molar-refractivity contribution is 0.0690. The summed E-state index contributed by atoms with van der Waals surface area (Å²) >= 11 is 0. The normalized spacial score (nSPS) is 14.6. The van der Waals surface area contributed by atoms with Crippen molar-refractivity contribution in [3.8, 4) is 0 Å². The maximum atomic E-state index is 10.8. The number of oxazole rings is 1. The molecule has 1 saturated carbocycles. The molecule has 0 atom stereocenters. The molecule has 1 aliphatic carbocycles. The van der Waals surface area contributed by atoms with Gasteiger partial charge in [-0.1, -0.05) is 29.8 Å². The first-order chi connectivity index (χ1) is 10.1. The minimum Gasteiger partial charge on any atom is -0.476 e. The van der Waals surface area contributed by atoms with E-state index in [-0.39, 0.29) is 5.69 Å². The van der Waals surface area contributed by atoms with E-state index in [2.05, 4.69) is 41.1 Å². The summed E-state index contributed by atoms with van der Waals surface area (Å²) in [7, 11) is 0. The molecule has 1 aromatic heterocycles. The Bertz CT molecular complexity index is 629. The molecule has 1 aromatic carbocycles. The number of aromatic nitrogens is 1. The molecular formula is C16H18N2O3. The minimum atomic E-state index is -1.05. The average Bonchev–Trinajstić information content (AvgIpc) is 3.20. The molecule has 0 amide bonds. The molecule has 0 bridgehead atoms. The third kappa shape index (κ3) is 3.49. The van der Waals surface area contributed by atoms with Gasteiger partial charge >= 0.3 is 5.97 Å². The number of aryl methyl sites for hydroxylation is 1. The predicted octanol–water partition coefficient (Wildman–Crippen LogP) is 2.85. The number of aromatic carboxylic acids is 1. The van der Waals surface area contributed by atoms with Crippen molar-refractivity contribution in [2.24, 2.45) is 0 Å². The maximum Gasteiger partial charge on any atom is 0.357 e. The molecule has 1 fully saturated rings. The fourth-order valence-corrected chi connectivity index (χ4v) is 2.34. The van der Waals surface area contributed by atoms with Gasteiger partial charge in [0.25, 0.3) is 0 Å². The van der Waals surface area contributed by atoms with E-state index in [0.717, 1.165) is 6.54 Å². The van der Waals surface area contributed by atoms with Crippen molar-refractivity contribution >= 4 is 5.97 Å². The zero-order valence-corrected chi connectivity index (χ0v) is 12.0. The Morgan fingerprint density at radius 2 is 2.05 bits per heavy atom. The van der Waals surface area contributed by atoms with Crippen LogP contribution in [0.1, 0.15) is 40.3 Å². The second-order valence-corrected chi connectivity index (χ2v) is 5.55. The van der Waals surface area contributed by atoms with Crippen molar-refractivity contribution < 1.29 is 14.3 Å². The molecule has 1 aliphatic rings. The fourth-order valence-electron chi connectivity index (χ4n) is 2.34. The van der Waals surface area contributed by atoms with Crippen molar-refractivity contribution in [2.75, 3.05) is 0 Å². The average molecular weight is 286 g/mol. The zero-order valence-electron chi connectivity index (χ0n) is 12.0. The molecule has 0 saturated heterocycles. The highest BCUT2D eigenvalue weighted by Crippen LogP contribution is 2.29. The number of rotatable bonds is 6. The maximum absolute atomic E-state index is 10.8. The van der Waals surface area contributed by atoms with E-state index < -0.39 is 5.97 Å². The van der Waals surface area contributed by atoms with Crippen LogP contribution in [-0.4, -0.2) is 27.0 Å². The second-order valence-electron chi connectivity index (χ2n) is 5.55. The van der Waals surface area contributed by atoms with Gasteiger partial charge in [-0.25, -0.2) is 9.78 Å². The van der Waals surface area contributed by atoms with Gasteiger partial charge in [0.05, 0.1) is 6.54 Å². The first-order valence-electron chi connectivity index (χ1n) is 7.09. The summed E-state index contributed by atoms with van der Waals surface area (Å²) in [6, 6.07) is 9.01. The Balaban J connectivity index is 1.69. The number of carbonyl (C=O) groups is 1. The van der Waals surface area contributed by atoms with Gasteiger partial charge in [-0.15, -0.1) is 0 Å². The third-order valence-corrected chi connectivity index (χ3v) is 3.68. The number of nitrogens with zero attached hydrogens (tertiary/aromatic N) is 2. The van der Waals surface area contributed by atoms with E-state index in [0.29, 0.717) is 18.5 Å². The van der Waals surface area contributed by atoms with Crippen molar-refractivity contribution in [1.29, 1.82) is 0 Å². The van der Waals surface area contributed by atoms with Crippen LogP contribution in [0.25, 0.3) is 0 Å². The van der Waals surface area contributed by atoms with Crippen LogP contribution < -0.4 is 0 Å². The van der Waals surface area contributed by atoms with Gasteiger partial charge in [0.15, 0.2) is 5.69 Å². The van der Waals surface area contributed by atoms with Crippen LogP contribution in [0.15, 0.2) is 34.9 Å². The molecule has 2 aromatic rings. The molecule has 5 nitrogen and oxygen atoms in total. The van der Waals surface area contributed by atoms with E-state index in [1.165, 1.54) is 30.2 Å². The fraction of sp³-hybridized carbons (Fsp3) is 0.375. The van der Waals surface area contributed by atoms with Crippen LogP contribution in [0.2, 0.25) is 0 Å². The summed E-state index contributed by atoms with van der Waals surface area (Å²) in [5.74, 6) is -0.590. The van der Waals surface area contributed by atoms with Gasteiger partial charge in [0, 0.05) is 12.6 Å². The Hall–Kier alpha value is -2.14. The lowest BCUT2D eigenvalue weighted by Gasteiger charge is -2.20. The number of benzene rings is 1. The number of carboxylic acid groups (broad SMARTS) is 1. The van der Waals surface area contributed by atoms with Gasteiger partial charge in [0.2, 0.25) is 5.89 Å². The lowest BCUT2D eigenvalue weighted by Crippen LogP contribution is -2.25. The molecule has 0 radical (unpaired) electrons. The standard InChI is InChI=1S/C16H18N2O3/c1-11-2-4-12(5-3-11)8-18(13-6-7-13)9-15-17-14(10-21-15)16(19)20/h2-5,10,13H,6-9H2,1H3,(H,19,20). The predicted molar refractivity (Wildman–Crippen MR) is 76.9 cm³/mol. The third-order valence-electron chi connectivity index (χ3n) is 3.68. The molecule has 1 N–H and O–H groups in total. The SMILES string of the molecule is Cc1ccc(CN(Cc2nc(C(=O)O)co2)C2CC2)cc1. The summed E-state index contributed by atoms with van der Waals surface area (Å²) in [4.78, 5) is 17.1. The van der Waals surface area contributed by atoms with Crippen molar-refractivity contribution in [3.63, 3.8) is 0 Å². The summed E-state index contributed by atoms with van der Waals surface area (Å²) in [6.45, 7) is 3.45. The van der Waals surface area contributed by atoms with Gasteiger partial charge in [-0.3, -0.25) is 4.90 Å². The molecule has 1 heterocycles. The second kappa shape index (κ2) is 5.69. The highest BCUT2D eigenvalue weighted by molar-refractivity contribution is 5.84. The van der Waals surface area contributed by atoms with Crippen LogP contribution in [-0.2, 0) is 13.1 Å². The lowest BCUT2D eigenvalue weighted by atomic mass is 10.1. The number of hydrogen-bond donors (Lipinski definition) is 1. The summed E-state index contributed by atoms with van der Waals surface area (Å²) in [6.07, 6.45) is 3.56. The summed E-state index contributed by atoms with van der Waals surface area (Å²) in [5, 5.41) is 8.88. The Kier molecular flexibility index (Phi) is 3.75. The highest BCUT2D eigenvalue weighted by Gasteiger charge is 2.30. The molecule has 0 spiro atoms. The highest BCUT2D eigenvalue weighted by atomic mass is 16.4. The number of hydrogen-bond acceptors (Lipinski definition) is 4. The van der Waals surface area contributed by atoms with Gasteiger partial charge in [-0.2, -0.15) is 0 Å². The van der Waals surface area contributed by atoms with E-state index in [1.807, 2.05) is 0 Å². The van der Waals surface area contributed by atoms with E-state index in [4.69, 9.17) is 9.52 Å².